The van der Waals surface area contributed by atoms with Crippen molar-refractivity contribution in [2.75, 3.05) is 19.6 Å². The summed E-state index contributed by atoms with van der Waals surface area (Å²) in [4.78, 5) is 25.0. The minimum atomic E-state index is -0.602. The smallest absolute Gasteiger partial charge is 0.312 e. The number of urea groups is 1. The van der Waals surface area contributed by atoms with Gasteiger partial charge in [-0.25, -0.2) is 4.79 Å². The van der Waals surface area contributed by atoms with E-state index in [9.17, 15) is 9.59 Å². The number of aromatic amines is 1. The summed E-state index contributed by atoms with van der Waals surface area (Å²) >= 11 is 0. The maximum absolute atomic E-state index is 12.4. The minimum Gasteiger partial charge on any atom is -0.352 e. The van der Waals surface area contributed by atoms with Crippen LogP contribution in [0.4, 0.5) is 4.79 Å². The van der Waals surface area contributed by atoms with Crippen molar-refractivity contribution in [3.63, 3.8) is 0 Å². The molecule has 1 aromatic heterocycles. The maximum atomic E-state index is 12.4. The number of H-pyrrole nitrogens is 1. The van der Waals surface area contributed by atoms with Gasteiger partial charge in [-0.15, -0.1) is 0 Å². The van der Waals surface area contributed by atoms with Gasteiger partial charge in [0.05, 0.1) is 6.20 Å². The second-order valence-corrected chi connectivity index (χ2v) is 6.78. The van der Waals surface area contributed by atoms with Crippen molar-refractivity contribution in [1.82, 2.24) is 20.4 Å². The van der Waals surface area contributed by atoms with Gasteiger partial charge in [-0.05, 0) is 25.3 Å². The molecule has 138 valence electrons. The Morgan fingerprint density at radius 1 is 1.35 bits per heavy atom. The van der Waals surface area contributed by atoms with Crippen molar-refractivity contribution in [2.24, 2.45) is 5.73 Å². The largest absolute Gasteiger partial charge is 0.352 e. The zero-order chi connectivity index (χ0) is 18.5. The molecule has 7 heteroatoms. The molecule has 3 amide bonds. The second-order valence-electron chi connectivity index (χ2n) is 6.78. The molecule has 0 saturated carbocycles. The van der Waals surface area contributed by atoms with Crippen molar-refractivity contribution >= 4 is 11.9 Å². The average molecular weight is 355 g/mol. The number of carbonyl (C=O) groups excluding carboxylic acids is 2. The first-order valence-corrected chi connectivity index (χ1v) is 8.96. The highest BCUT2D eigenvalue weighted by atomic mass is 16.2. The zero-order valence-corrected chi connectivity index (χ0v) is 15.0. The molecule has 3 rings (SSSR count). The number of amides is 3. The third kappa shape index (κ3) is 4.22. The normalized spacial score (nSPS) is 17.1. The van der Waals surface area contributed by atoms with Gasteiger partial charge in [-0.2, -0.15) is 5.10 Å². The number of carbonyl (C=O) groups is 2. The van der Waals surface area contributed by atoms with Crippen LogP contribution in [0.15, 0.2) is 30.5 Å². The number of nitrogens with zero attached hydrogens (tertiary/aromatic N) is 2. The molecule has 0 unspecified atom stereocenters. The molecule has 0 aliphatic carbocycles. The lowest BCUT2D eigenvalue weighted by Crippen LogP contribution is -2.41. The predicted octanol–water partition coefficient (Wildman–Crippen LogP) is 2.15. The van der Waals surface area contributed by atoms with Crippen LogP contribution in [0.25, 0.3) is 11.1 Å². The van der Waals surface area contributed by atoms with Gasteiger partial charge in [-0.1, -0.05) is 29.8 Å². The van der Waals surface area contributed by atoms with Crippen molar-refractivity contribution in [2.45, 2.75) is 32.1 Å². The summed E-state index contributed by atoms with van der Waals surface area (Å²) in [6, 6.07) is 7.79. The molecule has 0 spiro atoms. The Labute approximate surface area is 153 Å². The number of aromatic nitrogens is 2. The summed E-state index contributed by atoms with van der Waals surface area (Å²) in [6.45, 7) is 3.75. The third-order valence-electron chi connectivity index (χ3n) is 4.85. The molecule has 0 bridgehead atoms. The highest BCUT2D eigenvalue weighted by Crippen LogP contribution is 2.33. The molecular formula is C19H25N5O2. The lowest BCUT2D eigenvalue weighted by molar-refractivity contribution is -0.132. The third-order valence-corrected chi connectivity index (χ3v) is 4.85. The molecule has 2 heterocycles. The number of likely N-dealkylation sites (tertiary alicyclic amines) is 1. The lowest BCUT2D eigenvalue weighted by atomic mass is 9.90. The predicted molar refractivity (Wildman–Crippen MR) is 99.5 cm³/mol. The van der Waals surface area contributed by atoms with Crippen molar-refractivity contribution in [3.05, 3.63) is 41.7 Å². The quantitative estimate of drug-likeness (QED) is 0.765. The lowest BCUT2D eigenvalue weighted by Gasteiger charge is -2.33. The fourth-order valence-corrected chi connectivity index (χ4v) is 3.46. The van der Waals surface area contributed by atoms with Crippen LogP contribution in [0.2, 0.25) is 0 Å². The van der Waals surface area contributed by atoms with Crippen LogP contribution in [-0.2, 0) is 4.79 Å². The summed E-state index contributed by atoms with van der Waals surface area (Å²) in [5.41, 5.74) is 9.57. The number of nitrogens with one attached hydrogen (secondary N) is 2. The maximum Gasteiger partial charge on any atom is 0.312 e. The monoisotopic (exact) mass is 355 g/mol. The summed E-state index contributed by atoms with van der Waals surface area (Å²) < 4.78 is 0. The molecule has 1 aromatic carbocycles. The van der Waals surface area contributed by atoms with Crippen LogP contribution in [0, 0.1) is 6.92 Å². The van der Waals surface area contributed by atoms with Gasteiger partial charge >= 0.3 is 6.03 Å². The van der Waals surface area contributed by atoms with E-state index in [0.29, 0.717) is 6.54 Å². The minimum absolute atomic E-state index is 0.0415. The molecule has 4 N–H and O–H groups in total. The molecule has 1 fully saturated rings. The number of piperidine rings is 1. The Bertz CT molecular complexity index is 768. The molecule has 0 radical (unpaired) electrons. The number of primary amides is 1. The number of aryl methyl sites for hydroxylation is 1. The van der Waals surface area contributed by atoms with Gasteiger partial charge < -0.3 is 16.0 Å². The van der Waals surface area contributed by atoms with Gasteiger partial charge in [0.2, 0.25) is 5.91 Å². The molecule has 1 aliphatic rings. The Morgan fingerprint density at radius 3 is 2.85 bits per heavy atom. The van der Waals surface area contributed by atoms with Crippen LogP contribution in [-0.4, -0.2) is 46.7 Å². The molecule has 26 heavy (non-hydrogen) atoms. The Hall–Kier alpha value is -2.83. The molecular weight excluding hydrogens is 330 g/mol. The Morgan fingerprint density at radius 2 is 2.12 bits per heavy atom. The number of hydrogen-bond donors (Lipinski definition) is 3. The van der Waals surface area contributed by atoms with E-state index in [1.165, 1.54) is 5.56 Å². The first-order chi connectivity index (χ1) is 12.5. The van der Waals surface area contributed by atoms with Crippen LogP contribution in [0.5, 0.6) is 0 Å². The van der Waals surface area contributed by atoms with E-state index in [4.69, 9.17) is 5.73 Å². The number of nitrogens with two attached hydrogens (primary N) is 1. The van der Waals surface area contributed by atoms with Crippen molar-refractivity contribution < 1.29 is 9.59 Å². The number of hydrogen-bond acceptors (Lipinski definition) is 3. The molecule has 1 saturated heterocycles. The van der Waals surface area contributed by atoms with E-state index < -0.39 is 6.03 Å². The van der Waals surface area contributed by atoms with Gasteiger partial charge in [0.15, 0.2) is 0 Å². The molecule has 1 aliphatic heterocycles. The van der Waals surface area contributed by atoms with Crippen LogP contribution >= 0.6 is 0 Å². The fourth-order valence-electron chi connectivity index (χ4n) is 3.46. The Kier molecular flexibility index (Phi) is 5.55. The first-order valence-electron chi connectivity index (χ1n) is 8.96. The molecule has 7 nitrogen and oxygen atoms in total. The van der Waals surface area contributed by atoms with Crippen LogP contribution < -0.4 is 11.1 Å². The van der Waals surface area contributed by atoms with E-state index in [1.807, 2.05) is 11.1 Å². The van der Waals surface area contributed by atoms with E-state index in [1.54, 1.807) is 0 Å². The molecule has 1 atom stereocenters. The zero-order valence-electron chi connectivity index (χ0n) is 15.0. The van der Waals surface area contributed by atoms with E-state index in [2.05, 4.69) is 46.7 Å². The topological polar surface area (TPSA) is 104 Å². The average Bonchev–Trinajstić information content (AvgIpc) is 3.12. The van der Waals surface area contributed by atoms with E-state index >= 15 is 0 Å². The summed E-state index contributed by atoms with van der Waals surface area (Å²) in [5.74, 6) is 0.274. The SMILES string of the molecule is Cc1ccc(-c2cn[nH]c2[C@H]2CCCN(C(=O)CCNC(N)=O)C2)cc1. The van der Waals surface area contributed by atoms with Crippen molar-refractivity contribution in [1.29, 1.82) is 0 Å². The second kappa shape index (κ2) is 8.03. The van der Waals surface area contributed by atoms with Gasteiger partial charge in [0, 0.05) is 43.2 Å². The van der Waals surface area contributed by atoms with Crippen LogP contribution in [0.1, 0.15) is 36.4 Å². The fraction of sp³-hybridized carbons (Fsp3) is 0.421. The highest BCUT2D eigenvalue weighted by molar-refractivity contribution is 5.78. The molecule has 2 aromatic rings. The summed E-state index contributed by atoms with van der Waals surface area (Å²) in [5, 5.41) is 9.85. The van der Waals surface area contributed by atoms with E-state index in [-0.39, 0.29) is 24.8 Å². The standard InChI is InChI=1S/C19H25N5O2/c1-13-4-6-14(7-5-13)16-11-22-23-18(16)15-3-2-10-24(12-15)17(25)8-9-21-19(20)26/h4-7,11,15H,2-3,8-10,12H2,1H3,(H,22,23)(H3,20,21,26)/t15-/m0/s1. The number of rotatable bonds is 5. The first kappa shape index (κ1) is 18.0. The number of benzene rings is 1. The van der Waals surface area contributed by atoms with Gasteiger partial charge in [0.25, 0.3) is 0 Å². The highest BCUT2D eigenvalue weighted by Gasteiger charge is 2.27. The van der Waals surface area contributed by atoms with E-state index in [0.717, 1.165) is 36.2 Å². The summed E-state index contributed by atoms with van der Waals surface area (Å²) in [6.07, 6.45) is 4.09. The Balaban J connectivity index is 1.68. The summed E-state index contributed by atoms with van der Waals surface area (Å²) in [7, 11) is 0. The van der Waals surface area contributed by atoms with Gasteiger partial charge in [-0.3, -0.25) is 9.89 Å². The van der Waals surface area contributed by atoms with Crippen LogP contribution in [0.3, 0.4) is 0 Å². The van der Waals surface area contributed by atoms with Crippen molar-refractivity contribution in [3.8, 4) is 11.1 Å². The van der Waals surface area contributed by atoms with Gasteiger partial charge in [0.1, 0.15) is 0 Å².